The molecule has 1 aromatic carbocycles. The van der Waals surface area contributed by atoms with E-state index in [1.165, 1.54) is 18.4 Å². The molecule has 4 rings (SSSR count). The Balaban J connectivity index is 1.51. The van der Waals surface area contributed by atoms with E-state index in [1.54, 1.807) is 37.3 Å². The smallest absolute Gasteiger partial charge is 0.335 e. The van der Waals surface area contributed by atoms with Crippen LogP contribution < -0.4 is 0 Å². The van der Waals surface area contributed by atoms with E-state index in [0.29, 0.717) is 28.5 Å². The van der Waals surface area contributed by atoms with Crippen LogP contribution in [0.5, 0.6) is 0 Å². The van der Waals surface area contributed by atoms with Crippen molar-refractivity contribution in [2.45, 2.75) is 26.9 Å². The van der Waals surface area contributed by atoms with Gasteiger partial charge in [-0.25, -0.2) is 19.0 Å². The molecule has 0 saturated carbocycles. The molecule has 0 radical (unpaired) electrons. The average molecular weight is 437 g/mol. The normalized spacial score (nSPS) is 14.0. The molecule has 0 bridgehead atoms. The van der Waals surface area contributed by atoms with Gasteiger partial charge in [0.1, 0.15) is 11.6 Å². The van der Waals surface area contributed by atoms with E-state index in [-0.39, 0.29) is 12.4 Å². The highest BCUT2D eigenvalue weighted by Gasteiger charge is 2.45. The van der Waals surface area contributed by atoms with E-state index in [9.17, 15) is 23.6 Å². The number of hydrogen-bond donors (Lipinski definition) is 0. The highest BCUT2D eigenvalue weighted by molar-refractivity contribution is 6.45. The lowest BCUT2D eigenvalue weighted by Gasteiger charge is -2.14. The van der Waals surface area contributed by atoms with Crippen LogP contribution in [-0.4, -0.2) is 44.5 Å². The van der Waals surface area contributed by atoms with Crippen molar-refractivity contribution in [3.8, 4) is 0 Å². The third kappa shape index (κ3) is 3.84. The summed E-state index contributed by atoms with van der Waals surface area (Å²) in [4.78, 5) is 51.6. The maximum Gasteiger partial charge on any atom is 0.335 e. The first-order valence-corrected chi connectivity index (χ1v) is 9.90. The summed E-state index contributed by atoms with van der Waals surface area (Å²) in [7, 11) is 0. The van der Waals surface area contributed by atoms with E-state index >= 15 is 0 Å². The summed E-state index contributed by atoms with van der Waals surface area (Å²) >= 11 is 0. The summed E-state index contributed by atoms with van der Waals surface area (Å²) in [6.45, 7) is 3.29. The molecular formula is C23H20FN3O5. The Bertz CT molecular complexity index is 1210. The summed E-state index contributed by atoms with van der Waals surface area (Å²) in [5.41, 5.74) is 2.65. The van der Waals surface area contributed by atoms with Crippen LogP contribution in [-0.2, 0) is 22.7 Å². The Kier molecular flexibility index (Phi) is 5.48. The molecule has 0 aliphatic carbocycles. The molecule has 3 heterocycles. The largest absolute Gasteiger partial charge is 0.467 e. The van der Waals surface area contributed by atoms with Gasteiger partial charge in [-0.2, -0.15) is 0 Å². The number of halogens is 1. The number of hydrogen-bond acceptors (Lipinski definition) is 5. The van der Waals surface area contributed by atoms with Gasteiger partial charge in [-0.1, -0.05) is 12.1 Å². The van der Waals surface area contributed by atoms with Gasteiger partial charge in [-0.3, -0.25) is 14.4 Å². The first-order valence-electron chi connectivity index (χ1n) is 9.90. The zero-order valence-corrected chi connectivity index (χ0v) is 17.5. The predicted octanol–water partition coefficient (Wildman–Crippen LogP) is 3.06. The van der Waals surface area contributed by atoms with Crippen molar-refractivity contribution < 1.29 is 28.0 Å². The Morgan fingerprint density at radius 3 is 2.31 bits per heavy atom. The fourth-order valence-electron chi connectivity index (χ4n) is 3.72. The van der Waals surface area contributed by atoms with Crippen molar-refractivity contribution in [3.63, 3.8) is 0 Å². The van der Waals surface area contributed by atoms with Crippen molar-refractivity contribution in [2.75, 3.05) is 6.54 Å². The summed E-state index contributed by atoms with van der Waals surface area (Å²) in [6, 6.07) is 10.1. The van der Waals surface area contributed by atoms with Crippen molar-refractivity contribution >= 4 is 23.6 Å². The monoisotopic (exact) mass is 437 g/mol. The second-order valence-corrected chi connectivity index (χ2v) is 7.57. The lowest BCUT2D eigenvalue weighted by molar-refractivity contribution is -0.143. The molecule has 0 atom stereocenters. The number of ketones is 1. The van der Waals surface area contributed by atoms with Gasteiger partial charge < -0.3 is 8.98 Å². The molecule has 0 unspecified atom stereocenters. The number of nitrogens with zero attached hydrogens (tertiary/aromatic N) is 3. The molecule has 4 amide bonds. The summed E-state index contributed by atoms with van der Waals surface area (Å²) in [6.07, 6.45) is 1.39. The first kappa shape index (κ1) is 21.2. The van der Waals surface area contributed by atoms with E-state index in [1.807, 2.05) is 11.5 Å². The van der Waals surface area contributed by atoms with E-state index < -0.39 is 30.2 Å². The molecule has 1 fully saturated rings. The molecule has 8 nitrogen and oxygen atoms in total. The molecule has 0 N–H and O–H groups in total. The van der Waals surface area contributed by atoms with Crippen LogP contribution in [0.1, 0.15) is 33.1 Å². The number of imide groups is 2. The highest BCUT2D eigenvalue weighted by atomic mass is 19.1. The maximum atomic E-state index is 13.2. The van der Waals surface area contributed by atoms with Gasteiger partial charge in [0.25, 0.3) is 0 Å². The van der Waals surface area contributed by atoms with E-state index in [0.717, 1.165) is 16.2 Å². The molecular weight excluding hydrogens is 417 g/mol. The minimum Gasteiger partial charge on any atom is -0.467 e. The highest BCUT2D eigenvalue weighted by Crippen LogP contribution is 2.21. The van der Waals surface area contributed by atoms with Gasteiger partial charge in [0.15, 0.2) is 5.78 Å². The van der Waals surface area contributed by atoms with Crippen molar-refractivity contribution in [3.05, 3.63) is 82.8 Å². The fraction of sp³-hybridized carbons (Fsp3) is 0.217. The molecule has 1 saturated heterocycles. The number of aromatic nitrogens is 1. The standard InChI is InChI=1S/C23H20FN3O5/c1-14-10-19(15(2)25(14)11-16-5-7-17(24)8-6-16)20(28)13-27-22(30)21(29)26(23(27)31)12-18-4-3-9-32-18/h3-10H,11-13H2,1-2H3. The number of Topliss-reactive ketones (excluding diaryl/α,β-unsaturated/α-hetero) is 1. The van der Waals surface area contributed by atoms with Crippen LogP contribution >= 0.6 is 0 Å². The van der Waals surface area contributed by atoms with Crippen LogP contribution in [0, 0.1) is 19.7 Å². The first-order chi connectivity index (χ1) is 15.3. The number of furan rings is 1. The number of aryl methyl sites for hydroxylation is 1. The lowest BCUT2D eigenvalue weighted by Crippen LogP contribution is -2.37. The quantitative estimate of drug-likeness (QED) is 0.322. The number of amides is 4. The number of rotatable bonds is 7. The molecule has 1 aliphatic heterocycles. The van der Waals surface area contributed by atoms with E-state index in [2.05, 4.69) is 0 Å². The number of benzene rings is 1. The van der Waals surface area contributed by atoms with Gasteiger partial charge in [0, 0.05) is 23.5 Å². The number of carbonyl (C=O) groups is 4. The van der Waals surface area contributed by atoms with Crippen LogP contribution in [0.15, 0.2) is 53.1 Å². The SMILES string of the molecule is Cc1cc(C(=O)CN2C(=O)C(=O)N(Cc3ccco3)C2=O)c(C)n1Cc1ccc(F)cc1. The number of urea groups is 1. The van der Waals surface area contributed by atoms with Crippen LogP contribution in [0.25, 0.3) is 0 Å². The molecule has 1 aliphatic rings. The van der Waals surface area contributed by atoms with Crippen molar-refractivity contribution in [1.82, 2.24) is 14.4 Å². The second kappa shape index (κ2) is 8.26. The molecule has 9 heteroatoms. The van der Waals surface area contributed by atoms with Crippen LogP contribution in [0.2, 0.25) is 0 Å². The molecule has 0 spiro atoms. The van der Waals surface area contributed by atoms with Crippen LogP contribution in [0.3, 0.4) is 0 Å². The average Bonchev–Trinajstić information content (AvgIpc) is 3.43. The molecule has 32 heavy (non-hydrogen) atoms. The Hall–Kier alpha value is -4.01. The van der Waals surface area contributed by atoms with E-state index in [4.69, 9.17) is 4.42 Å². The lowest BCUT2D eigenvalue weighted by atomic mass is 10.1. The van der Waals surface area contributed by atoms with Gasteiger partial charge in [0.2, 0.25) is 0 Å². The molecule has 164 valence electrons. The minimum absolute atomic E-state index is 0.187. The van der Waals surface area contributed by atoms with Crippen molar-refractivity contribution in [2.24, 2.45) is 0 Å². The predicted molar refractivity (Wildman–Crippen MR) is 110 cm³/mol. The molecule has 2 aromatic heterocycles. The molecule has 3 aromatic rings. The van der Waals surface area contributed by atoms with Gasteiger partial charge >= 0.3 is 17.8 Å². The van der Waals surface area contributed by atoms with Crippen LogP contribution in [0.4, 0.5) is 9.18 Å². The van der Waals surface area contributed by atoms with Gasteiger partial charge in [0.05, 0.1) is 19.4 Å². The third-order valence-corrected chi connectivity index (χ3v) is 5.46. The fourth-order valence-corrected chi connectivity index (χ4v) is 3.72. The zero-order valence-electron chi connectivity index (χ0n) is 17.5. The Morgan fingerprint density at radius 1 is 0.969 bits per heavy atom. The Morgan fingerprint density at radius 2 is 1.66 bits per heavy atom. The number of carbonyl (C=O) groups excluding carboxylic acids is 4. The second-order valence-electron chi connectivity index (χ2n) is 7.57. The topological polar surface area (TPSA) is 92.8 Å². The summed E-state index contributed by atoms with van der Waals surface area (Å²) in [5.74, 6) is -2.49. The third-order valence-electron chi connectivity index (χ3n) is 5.46. The van der Waals surface area contributed by atoms with Crippen molar-refractivity contribution in [1.29, 1.82) is 0 Å². The summed E-state index contributed by atoms with van der Waals surface area (Å²) in [5, 5.41) is 0. The maximum absolute atomic E-state index is 13.2. The van der Waals surface area contributed by atoms with Gasteiger partial charge in [-0.15, -0.1) is 0 Å². The Labute approximate surface area is 182 Å². The summed E-state index contributed by atoms with van der Waals surface area (Å²) < 4.78 is 20.2. The zero-order chi connectivity index (χ0) is 23.0. The minimum atomic E-state index is -1.05. The van der Waals surface area contributed by atoms with Gasteiger partial charge in [-0.05, 0) is 49.7 Å².